The third kappa shape index (κ3) is 3.39. The van der Waals surface area contributed by atoms with Crippen molar-refractivity contribution in [3.8, 4) is 0 Å². The first-order chi connectivity index (χ1) is 9.85. The molecule has 0 fully saturated rings. The molecule has 0 bridgehead atoms. The second-order valence-electron chi connectivity index (χ2n) is 4.77. The monoisotopic (exact) mass is 368 g/mol. The van der Waals surface area contributed by atoms with Crippen LogP contribution in [0.4, 0.5) is 11.4 Å². The van der Waals surface area contributed by atoms with Crippen LogP contribution in [0.25, 0.3) is 0 Å². The van der Waals surface area contributed by atoms with Gasteiger partial charge in [0, 0.05) is 17.2 Å². The summed E-state index contributed by atoms with van der Waals surface area (Å²) in [5.41, 5.74) is 2.83. The van der Waals surface area contributed by atoms with Crippen LogP contribution in [-0.2, 0) is 10.0 Å². The second-order valence-corrected chi connectivity index (χ2v) is 7.25. The van der Waals surface area contributed by atoms with Gasteiger partial charge in [-0.15, -0.1) is 0 Å². The molecular weight excluding hydrogens is 352 g/mol. The maximum atomic E-state index is 12.6. The highest BCUT2D eigenvalue weighted by atomic mass is 79.9. The fraction of sp³-hybridized carbons (Fsp3) is 0.200. The molecule has 0 atom stereocenters. The molecule has 112 valence electrons. The van der Waals surface area contributed by atoms with Crippen molar-refractivity contribution in [1.82, 2.24) is 0 Å². The van der Waals surface area contributed by atoms with Gasteiger partial charge in [-0.2, -0.15) is 0 Å². The molecule has 2 N–H and O–H groups in total. The summed E-state index contributed by atoms with van der Waals surface area (Å²) in [4.78, 5) is 0.317. The van der Waals surface area contributed by atoms with Crippen molar-refractivity contribution in [3.63, 3.8) is 0 Å². The first-order valence-electron chi connectivity index (χ1n) is 6.41. The van der Waals surface area contributed by atoms with Crippen LogP contribution >= 0.6 is 15.9 Å². The summed E-state index contributed by atoms with van der Waals surface area (Å²) in [7, 11) is -1.82. The SMILES string of the molecule is CNc1cc(C)c(S(=O)(=O)Nc2ccccc2Br)c(C)c1. The third-order valence-electron chi connectivity index (χ3n) is 3.14. The van der Waals surface area contributed by atoms with E-state index in [1.807, 2.05) is 25.2 Å². The number of hydrogen-bond acceptors (Lipinski definition) is 3. The minimum atomic E-state index is -3.63. The summed E-state index contributed by atoms with van der Waals surface area (Å²) in [6, 6.07) is 10.8. The molecule has 0 spiro atoms. The minimum Gasteiger partial charge on any atom is -0.388 e. The number of sulfonamides is 1. The minimum absolute atomic E-state index is 0.317. The van der Waals surface area contributed by atoms with Gasteiger partial charge in [-0.3, -0.25) is 4.72 Å². The predicted octanol–water partition coefficient (Wildman–Crippen LogP) is 3.91. The zero-order chi connectivity index (χ0) is 15.6. The van der Waals surface area contributed by atoms with E-state index in [-0.39, 0.29) is 0 Å². The lowest BCUT2D eigenvalue weighted by Gasteiger charge is -2.15. The first kappa shape index (κ1) is 15.9. The molecule has 2 aromatic carbocycles. The normalized spacial score (nSPS) is 11.2. The Labute approximate surface area is 133 Å². The number of nitrogens with one attached hydrogen (secondary N) is 2. The van der Waals surface area contributed by atoms with Gasteiger partial charge in [0.05, 0.1) is 10.6 Å². The number of rotatable bonds is 4. The van der Waals surface area contributed by atoms with E-state index in [2.05, 4.69) is 26.0 Å². The second kappa shape index (κ2) is 6.07. The van der Waals surface area contributed by atoms with Crippen LogP contribution < -0.4 is 10.0 Å². The standard InChI is InChI=1S/C15H17BrN2O2S/c1-10-8-12(17-3)9-11(2)15(10)21(19,20)18-14-7-5-4-6-13(14)16/h4-9,17-18H,1-3H3. The molecule has 0 radical (unpaired) electrons. The fourth-order valence-corrected chi connectivity index (χ4v) is 4.31. The molecule has 2 rings (SSSR count). The highest BCUT2D eigenvalue weighted by Gasteiger charge is 2.21. The molecule has 0 aliphatic rings. The van der Waals surface area contributed by atoms with Gasteiger partial charge in [-0.1, -0.05) is 12.1 Å². The van der Waals surface area contributed by atoms with Crippen LogP contribution in [0.2, 0.25) is 0 Å². The number of hydrogen-bond donors (Lipinski definition) is 2. The summed E-state index contributed by atoms with van der Waals surface area (Å²) >= 11 is 3.34. The Hall–Kier alpha value is -1.53. The lowest BCUT2D eigenvalue weighted by molar-refractivity contribution is 0.600. The lowest BCUT2D eigenvalue weighted by Crippen LogP contribution is -2.16. The molecule has 0 unspecified atom stereocenters. The van der Waals surface area contributed by atoms with Gasteiger partial charge in [0.2, 0.25) is 0 Å². The van der Waals surface area contributed by atoms with E-state index >= 15 is 0 Å². The Balaban J connectivity index is 2.48. The molecule has 4 nitrogen and oxygen atoms in total. The van der Waals surface area contributed by atoms with Gasteiger partial charge in [-0.05, 0) is 65.2 Å². The number of para-hydroxylation sites is 1. The van der Waals surface area contributed by atoms with E-state index < -0.39 is 10.0 Å². The van der Waals surface area contributed by atoms with Crippen LogP contribution in [-0.4, -0.2) is 15.5 Å². The van der Waals surface area contributed by atoms with Crippen LogP contribution in [0.1, 0.15) is 11.1 Å². The van der Waals surface area contributed by atoms with Crippen molar-refractivity contribution in [3.05, 3.63) is 52.0 Å². The summed E-state index contributed by atoms with van der Waals surface area (Å²) < 4.78 is 28.6. The Kier molecular flexibility index (Phi) is 4.58. The largest absolute Gasteiger partial charge is 0.388 e. The molecule has 0 aliphatic heterocycles. The summed E-state index contributed by atoms with van der Waals surface area (Å²) in [6.07, 6.45) is 0. The average molecular weight is 369 g/mol. The molecule has 21 heavy (non-hydrogen) atoms. The van der Waals surface area contributed by atoms with Crippen molar-refractivity contribution >= 4 is 37.3 Å². The molecule has 0 saturated heterocycles. The topological polar surface area (TPSA) is 58.2 Å². The zero-order valence-corrected chi connectivity index (χ0v) is 14.5. The molecular formula is C15H17BrN2O2S. The van der Waals surface area contributed by atoms with Crippen molar-refractivity contribution in [2.45, 2.75) is 18.7 Å². The number of halogens is 1. The van der Waals surface area contributed by atoms with Crippen molar-refractivity contribution < 1.29 is 8.42 Å². The Morgan fingerprint density at radius 2 is 1.62 bits per heavy atom. The summed E-state index contributed by atoms with van der Waals surface area (Å²) in [5, 5.41) is 3.02. The summed E-state index contributed by atoms with van der Waals surface area (Å²) in [5.74, 6) is 0. The molecule has 0 amide bonds. The fourth-order valence-electron chi connectivity index (χ4n) is 2.26. The molecule has 0 heterocycles. The van der Waals surface area contributed by atoms with Gasteiger partial charge in [0.15, 0.2) is 0 Å². The number of anilines is 2. The van der Waals surface area contributed by atoms with Gasteiger partial charge in [0.1, 0.15) is 0 Å². The molecule has 0 aliphatic carbocycles. The van der Waals surface area contributed by atoms with Crippen LogP contribution in [0.5, 0.6) is 0 Å². The predicted molar refractivity (Wildman–Crippen MR) is 90.4 cm³/mol. The highest BCUT2D eigenvalue weighted by molar-refractivity contribution is 9.10. The Morgan fingerprint density at radius 3 is 2.14 bits per heavy atom. The summed E-state index contributed by atoms with van der Waals surface area (Å²) in [6.45, 7) is 3.59. The molecule has 2 aromatic rings. The first-order valence-corrected chi connectivity index (χ1v) is 8.69. The number of benzene rings is 2. The quantitative estimate of drug-likeness (QED) is 0.859. The van der Waals surface area contributed by atoms with E-state index in [1.165, 1.54) is 0 Å². The van der Waals surface area contributed by atoms with Crippen LogP contribution in [0, 0.1) is 13.8 Å². The van der Waals surface area contributed by atoms with E-state index in [0.717, 1.165) is 5.69 Å². The van der Waals surface area contributed by atoms with Gasteiger partial charge < -0.3 is 5.32 Å². The average Bonchev–Trinajstić information content (AvgIpc) is 2.40. The van der Waals surface area contributed by atoms with Gasteiger partial charge in [0.25, 0.3) is 10.0 Å². The van der Waals surface area contributed by atoms with Gasteiger partial charge >= 0.3 is 0 Å². The number of aryl methyl sites for hydroxylation is 2. The van der Waals surface area contributed by atoms with Crippen molar-refractivity contribution in [1.29, 1.82) is 0 Å². The van der Waals surface area contributed by atoms with E-state index in [9.17, 15) is 8.42 Å². The maximum absolute atomic E-state index is 12.6. The molecule has 0 aromatic heterocycles. The smallest absolute Gasteiger partial charge is 0.262 e. The van der Waals surface area contributed by atoms with E-state index in [1.54, 1.807) is 32.0 Å². The van der Waals surface area contributed by atoms with Gasteiger partial charge in [-0.25, -0.2) is 8.42 Å². The molecule has 0 saturated carbocycles. The Bertz CT molecular complexity index is 750. The maximum Gasteiger partial charge on any atom is 0.262 e. The lowest BCUT2D eigenvalue weighted by atomic mass is 10.1. The Morgan fingerprint density at radius 1 is 1.05 bits per heavy atom. The zero-order valence-electron chi connectivity index (χ0n) is 12.1. The highest BCUT2D eigenvalue weighted by Crippen LogP contribution is 2.28. The van der Waals surface area contributed by atoms with Crippen molar-refractivity contribution in [2.24, 2.45) is 0 Å². The molecule has 6 heteroatoms. The van der Waals surface area contributed by atoms with Crippen LogP contribution in [0.3, 0.4) is 0 Å². The third-order valence-corrected chi connectivity index (χ3v) is 5.50. The van der Waals surface area contributed by atoms with E-state index in [4.69, 9.17) is 0 Å². The van der Waals surface area contributed by atoms with Crippen molar-refractivity contribution in [2.75, 3.05) is 17.1 Å². The van der Waals surface area contributed by atoms with E-state index in [0.29, 0.717) is 26.2 Å². The van der Waals surface area contributed by atoms with Crippen LogP contribution in [0.15, 0.2) is 45.8 Å².